The minimum absolute atomic E-state index is 0.452. The smallest absolute Gasteiger partial charge is 0.423 e. The molecule has 0 aliphatic rings. The molecule has 0 saturated heterocycles. The lowest BCUT2D eigenvalue weighted by Gasteiger charge is -2.15. The zero-order valence-electron chi connectivity index (χ0n) is 75.1. The first kappa shape index (κ1) is 91.9. The SMILES string of the molecule is Brc1cc(-c2nc(-c3ccccc3)nc(-c3ccccc3)n2)cc(-c2cc3cccnc3c3ncccc23)c1.Brc1cc(Br)cc(-c2nc(-c3ccccc3)nc(-c3ccccc3)n2)c1.Cc1ccc(-c2cc(-c3nc(-c4ccccc4)nc(-c4ccccc4)n3)cc(-c3cc4cccnc4c4ncccc34)c2)c(C)n1.Cc1ccc(B(O)O)c(C)n1.OB(O)c1cc2cccnc2c2ncccc12. The number of rotatable bonds is 14. The van der Waals surface area contributed by atoms with Crippen LogP contribution in [0.4, 0.5) is 0 Å². The third kappa shape index (κ3) is 21.1. The van der Waals surface area contributed by atoms with Gasteiger partial charge in [0.15, 0.2) is 52.4 Å². The highest BCUT2D eigenvalue weighted by atomic mass is 79.9. The van der Waals surface area contributed by atoms with E-state index in [1.165, 1.54) is 0 Å². The number of aromatic nitrogens is 17. The van der Waals surface area contributed by atoms with Gasteiger partial charge in [0.25, 0.3) is 0 Å². The van der Waals surface area contributed by atoms with Crippen molar-refractivity contribution in [2.75, 3.05) is 0 Å². The van der Waals surface area contributed by atoms with E-state index < -0.39 is 14.2 Å². The van der Waals surface area contributed by atoms with Crippen LogP contribution in [0.5, 0.6) is 0 Å². The summed E-state index contributed by atoms with van der Waals surface area (Å²) in [6.07, 6.45) is 10.6. The highest BCUT2D eigenvalue weighted by Gasteiger charge is 2.24. The minimum Gasteiger partial charge on any atom is -0.423 e. The summed E-state index contributed by atoms with van der Waals surface area (Å²) in [5.74, 6) is 5.66. The lowest BCUT2D eigenvalue weighted by atomic mass is 9.77. The molecule has 11 aromatic heterocycles. The second-order valence-electron chi connectivity index (χ2n) is 32.5. The first-order valence-electron chi connectivity index (χ1n) is 44.4. The van der Waals surface area contributed by atoms with Gasteiger partial charge in [0.1, 0.15) is 0 Å². The van der Waals surface area contributed by atoms with Gasteiger partial charge in [-0.1, -0.05) is 284 Å². The molecule has 668 valence electrons. The molecule has 23 rings (SSSR count). The predicted molar refractivity (Wildman–Crippen MR) is 567 cm³/mol. The van der Waals surface area contributed by atoms with Crippen LogP contribution >= 0.6 is 47.8 Å². The fraction of sp³-hybridized carbons (Fsp3) is 0.0354. The molecule has 26 heteroatoms. The first-order valence-corrected chi connectivity index (χ1v) is 46.8. The molecule has 0 unspecified atom stereocenters. The second kappa shape index (κ2) is 42.0. The van der Waals surface area contributed by atoms with E-state index in [9.17, 15) is 10.0 Å². The van der Waals surface area contributed by atoms with Gasteiger partial charge in [0.2, 0.25) is 0 Å². The van der Waals surface area contributed by atoms with Crippen LogP contribution in [0.3, 0.4) is 0 Å². The number of pyridine rings is 8. The Morgan fingerprint density at radius 1 is 0.194 bits per heavy atom. The summed E-state index contributed by atoms with van der Waals surface area (Å²) in [6.45, 7) is 7.68. The maximum atomic E-state index is 9.39. The molecule has 0 atom stereocenters. The molecule has 139 heavy (non-hydrogen) atoms. The Balaban J connectivity index is 0.000000119. The zero-order chi connectivity index (χ0) is 95.4. The van der Waals surface area contributed by atoms with E-state index in [0.29, 0.717) is 79.9 Å². The third-order valence-electron chi connectivity index (χ3n) is 23.0. The van der Waals surface area contributed by atoms with Gasteiger partial charge in [-0.3, -0.25) is 39.9 Å². The molecule has 0 radical (unpaired) electrons. The van der Waals surface area contributed by atoms with Gasteiger partial charge in [-0.05, 0) is 176 Å². The topological polar surface area (TPSA) is 300 Å². The number of hydrogen-bond donors (Lipinski definition) is 4. The fourth-order valence-corrected chi connectivity index (χ4v) is 18.2. The van der Waals surface area contributed by atoms with Crippen LogP contribution < -0.4 is 10.9 Å². The van der Waals surface area contributed by atoms with Crippen LogP contribution in [0, 0.1) is 27.7 Å². The van der Waals surface area contributed by atoms with Crippen molar-refractivity contribution in [3.8, 4) is 136 Å². The molecule has 23 aromatic rings. The van der Waals surface area contributed by atoms with E-state index in [1.54, 1.807) is 43.6 Å². The van der Waals surface area contributed by atoms with E-state index in [-0.39, 0.29) is 0 Å². The lowest BCUT2D eigenvalue weighted by Crippen LogP contribution is -2.32. The quantitative estimate of drug-likeness (QED) is 0.0581. The summed E-state index contributed by atoms with van der Waals surface area (Å²) in [4.78, 5) is 80.0. The van der Waals surface area contributed by atoms with E-state index in [0.717, 1.165) is 168 Å². The molecule has 0 saturated carbocycles. The Kier molecular flexibility index (Phi) is 27.8. The van der Waals surface area contributed by atoms with Crippen LogP contribution in [-0.4, -0.2) is 119 Å². The minimum atomic E-state index is -1.51. The molecule has 12 aromatic carbocycles. The molecule has 0 aliphatic carbocycles. The van der Waals surface area contributed by atoms with E-state index in [1.807, 2.05) is 287 Å². The normalized spacial score (nSPS) is 11.0. The summed E-state index contributed by atoms with van der Waals surface area (Å²) in [6, 6.07) is 116. The van der Waals surface area contributed by atoms with Crippen molar-refractivity contribution in [1.82, 2.24) is 84.7 Å². The van der Waals surface area contributed by atoms with Crippen molar-refractivity contribution in [2.45, 2.75) is 27.7 Å². The van der Waals surface area contributed by atoms with Crippen LogP contribution in [0.15, 0.2) is 402 Å². The maximum Gasteiger partial charge on any atom is 0.490 e. The van der Waals surface area contributed by atoms with Crippen molar-refractivity contribution in [2.24, 2.45) is 0 Å². The Morgan fingerprint density at radius 3 is 0.799 bits per heavy atom. The number of fused-ring (bicyclic) bond motifs is 9. The first-order chi connectivity index (χ1) is 67.9. The van der Waals surface area contributed by atoms with Crippen molar-refractivity contribution < 1.29 is 20.1 Å². The molecule has 0 spiro atoms. The standard InChI is InChI=1S/C40H28N6.C33H20BrN5.C21H13Br2N3.C12H9BN2O2.C7H10BNO2/c1-25-17-18-33(26(2)43-25)30-21-31(35-24-29-15-9-19-41-36(29)37-34(35)16-10-20-42-37)23-32(22-30)40-45-38(27-11-5-3-6-12-27)44-39(46-40)28-13-7-4-8-14-28;34-26-18-24(28-20-23-13-7-15-35-29(23)30-27(28)14-8-16-36-30)17-25(19-26)33-38-31(21-9-3-1-4-10-21)37-32(39-33)22-11-5-2-6-12-22;22-17-11-16(12-18(23)13-17)21-25-19(14-7-3-1-4-8-14)24-20(26-21)15-9-5-2-6-10-15;16-13(17)10-7-8-3-1-5-14-11(8)12-9(10)4-2-6-15-12;1-5-3-4-7(8(10)11)6(2)9-5/h3-24H,1-2H3;1-20H;1-13H;1-7,16-17H;3-4,10-11H,1-2H3. The third-order valence-corrected chi connectivity index (χ3v) is 24.3. The molecular formula is C113H80B2Br3N17O4. The van der Waals surface area contributed by atoms with Crippen molar-refractivity contribution >= 4 is 138 Å². The second-order valence-corrected chi connectivity index (χ2v) is 35.2. The lowest BCUT2D eigenvalue weighted by molar-refractivity contribution is 0.424. The molecule has 0 fully saturated rings. The highest BCUT2D eigenvalue weighted by Crippen LogP contribution is 2.42. The Morgan fingerprint density at radius 2 is 0.453 bits per heavy atom. The average molecular weight is 2000 g/mol. The van der Waals surface area contributed by atoms with Gasteiger partial charge in [-0.25, -0.2) is 44.9 Å². The Bertz CT molecular complexity index is 8270. The fourth-order valence-electron chi connectivity index (χ4n) is 16.4. The van der Waals surface area contributed by atoms with Gasteiger partial charge in [0, 0.05) is 167 Å². The molecule has 0 aliphatic heterocycles. The van der Waals surface area contributed by atoms with Crippen LogP contribution in [0.1, 0.15) is 22.8 Å². The van der Waals surface area contributed by atoms with Gasteiger partial charge < -0.3 is 20.1 Å². The van der Waals surface area contributed by atoms with Crippen molar-refractivity contribution in [3.63, 3.8) is 0 Å². The number of halogens is 3. The Hall–Kier alpha value is -16.2. The van der Waals surface area contributed by atoms with E-state index >= 15 is 0 Å². The summed E-state index contributed by atoms with van der Waals surface area (Å²) in [5.41, 5.74) is 24.0. The van der Waals surface area contributed by atoms with Crippen molar-refractivity contribution in [1.29, 1.82) is 0 Å². The average Bonchev–Trinajstić information content (AvgIpc) is 0.729. The van der Waals surface area contributed by atoms with E-state index in [4.69, 9.17) is 64.9 Å². The molecule has 0 amide bonds. The molecule has 11 heterocycles. The molecule has 4 N–H and O–H groups in total. The van der Waals surface area contributed by atoms with Gasteiger partial charge in [-0.15, -0.1) is 0 Å². The van der Waals surface area contributed by atoms with Crippen LogP contribution in [-0.2, 0) is 0 Å². The van der Waals surface area contributed by atoms with Crippen LogP contribution in [0.2, 0.25) is 0 Å². The van der Waals surface area contributed by atoms with E-state index in [2.05, 4.69) is 163 Å². The number of aryl methyl sites for hydroxylation is 4. The zero-order valence-corrected chi connectivity index (χ0v) is 79.9. The van der Waals surface area contributed by atoms with Gasteiger partial charge >= 0.3 is 14.2 Å². The summed E-state index contributed by atoms with van der Waals surface area (Å²) >= 11 is 10.8. The highest BCUT2D eigenvalue weighted by molar-refractivity contribution is 9.11. The largest absolute Gasteiger partial charge is 0.490 e. The van der Waals surface area contributed by atoms with Gasteiger partial charge in [-0.2, -0.15) is 0 Å². The van der Waals surface area contributed by atoms with Gasteiger partial charge in [0.05, 0.1) is 33.1 Å². The summed E-state index contributed by atoms with van der Waals surface area (Å²) < 4.78 is 2.86. The number of benzene rings is 12. The molecular weight excluding hydrogens is 1920 g/mol. The molecule has 0 bridgehead atoms. The number of nitrogens with zero attached hydrogens (tertiary/aromatic N) is 17. The van der Waals surface area contributed by atoms with Crippen molar-refractivity contribution in [3.05, 3.63) is 425 Å². The molecule has 21 nitrogen and oxygen atoms in total. The number of hydrogen-bond acceptors (Lipinski definition) is 21. The maximum absolute atomic E-state index is 9.39. The Labute approximate surface area is 825 Å². The summed E-state index contributed by atoms with van der Waals surface area (Å²) in [7, 11) is -2.92. The predicted octanol–water partition coefficient (Wildman–Crippen LogP) is 24.0. The van der Waals surface area contributed by atoms with Crippen LogP contribution in [0.25, 0.3) is 201 Å². The monoisotopic (exact) mass is 2000 g/mol. The summed E-state index contributed by atoms with van der Waals surface area (Å²) in [5, 5.41) is 42.1.